The highest BCUT2D eigenvalue weighted by Crippen LogP contribution is 2.39. The fraction of sp³-hybridized carbons (Fsp3) is 1.00. The van der Waals surface area contributed by atoms with Crippen molar-refractivity contribution in [3.8, 4) is 0 Å². The Hall–Kier alpha value is -0.0800. The van der Waals surface area contributed by atoms with Gasteiger partial charge in [-0.1, -0.05) is 19.8 Å². The number of nitrogens with one attached hydrogen (secondary N) is 1. The Labute approximate surface area is 133 Å². The molecule has 2 nitrogen and oxygen atoms in total. The second kappa shape index (κ2) is 7.97. The van der Waals surface area contributed by atoms with Gasteiger partial charge in [0, 0.05) is 12.6 Å². The molecule has 0 aromatic carbocycles. The van der Waals surface area contributed by atoms with E-state index in [-0.39, 0.29) is 11.1 Å². The predicted molar refractivity (Wildman–Crippen MR) is 92.7 cm³/mol. The van der Waals surface area contributed by atoms with Crippen LogP contribution in [0.25, 0.3) is 0 Å². The van der Waals surface area contributed by atoms with Gasteiger partial charge in [-0.2, -0.15) is 0 Å². The zero-order chi connectivity index (χ0) is 16.1. The van der Waals surface area contributed by atoms with Crippen LogP contribution in [0.15, 0.2) is 0 Å². The van der Waals surface area contributed by atoms with Gasteiger partial charge in [-0.3, -0.25) is 0 Å². The third-order valence-corrected chi connectivity index (χ3v) is 5.39. The van der Waals surface area contributed by atoms with Gasteiger partial charge in [-0.15, -0.1) is 0 Å². The van der Waals surface area contributed by atoms with E-state index in [2.05, 4.69) is 46.9 Å². The van der Waals surface area contributed by atoms with Crippen molar-refractivity contribution < 1.29 is 4.74 Å². The van der Waals surface area contributed by atoms with Crippen molar-refractivity contribution in [2.24, 2.45) is 17.8 Å². The number of hydrogen-bond donors (Lipinski definition) is 1. The largest absolute Gasteiger partial charge is 0.379 e. The first-order chi connectivity index (χ1) is 9.67. The molecule has 1 N–H and O–H groups in total. The summed E-state index contributed by atoms with van der Waals surface area (Å²) in [6, 6.07) is 0. The lowest BCUT2D eigenvalue weighted by Crippen LogP contribution is -2.42. The molecule has 126 valence electrons. The molecule has 0 aromatic heterocycles. The molecule has 21 heavy (non-hydrogen) atoms. The molecular formula is C19H39NO. The van der Waals surface area contributed by atoms with Crippen LogP contribution < -0.4 is 5.32 Å². The Balaban J connectivity index is 2.57. The lowest BCUT2D eigenvalue weighted by Gasteiger charge is -2.39. The summed E-state index contributed by atoms with van der Waals surface area (Å²) in [6.45, 7) is 14.8. The average molecular weight is 298 g/mol. The Kier molecular flexibility index (Phi) is 7.19. The SMILES string of the molecule is CCC1CCC(CNC(C)(C)C)C(CCC(C)(C)OC)C1. The molecule has 3 unspecified atom stereocenters. The van der Waals surface area contributed by atoms with E-state index in [9.17, 15) is 0 Å². The van der Waals surface area contributed by atoms with Gasteiger partial charge in [0.2, 0.25) is 0 Å². The molecule has 1 aliphatic carbocycles. The van der Waals surface area contributed by atoms with Crippen molar-refractivity contribution in [3.63, 3.8) is 0 Å². The summed E-state index contributed by atoms with van der Waals surface area (Å²) in [5.74, 6) is 2.67. The van der Waals surface area contributed by atoms with Gasteiger partial charge in [-0.05, 0) is 84.6 Å². The van der Waals surface area contributed by atoms with Crippen LogP contribution in [0, 0.1) is 17.8 Å². The molecule has 3 atom stereocenters. The van der Waals surface area contributed by atoms with Crippen molar-refractivity contribution in [1.82, 2.24) is 5.32 Å². The lowest BCUT2D eigenvalue weighted by atomic mass is 9.70. The molecule has 1 aliphatic rings. The van der Waals surface area contributed by atoms with E-state index in [0.29, 0.717) is 0 Å². The maximum atomic E-state index is 5.62. The molecular weight excluding hydrogens is 258 g/mol. The fourth-order valence-electron chi connectivity index (χ4n) is 3.49. The van der Waals surface area contributed by atoms with Gasteiger partial charge >= 0.3 is 0 Å². The molecule has 0 aromatic rings. The standard InChI is InChI=1S/C19H39NO/c1-8-15-9-10-17(14-20-18(2,3)4)16(13-15)11-12-19(5,6)21-7/h15-17,20H,8-14H2,1-7H3. The minimum Gasteiger partial charge on any atom is -0.379 e. The Morgan fingerprint density at radius 3 is 2.24 bits per heavy atom. The Bertz CT molecular complexity index is 292. The van der Waals surface area contributed by atoms with Crippen molar-refractivity contribution in [1.29, 1.82) is 0 Å². The lowest BCUT2D eigenvalue weighted by molar-refractivity contribution is 0.00419. The summed E-state index contributed by atoms with van der Waals surface area (Å²) in [5.41, 5.74) is 0.263. The maximum Gasteiger partial charge on any atom is 0.0622 e. The minimum absolute atomic E-state index is 0.0289. The summed E-state index contributed by atoms with van der Waals surface area (Å²) in [4.78, 5) is 0. The summed E-state index contributed by atoms with van der Waals surface area (Å²) < 4.78 is 5.62. The average Bonchev–Trinajstić information content (AvgIpc) is 2.42. The molecule has 1 saturated carbocycles. The van der Waals surface area contributed by atoms with E-state index in [1.807, 2.05) is 7.11 Å². The highest BCUT2D eigenvalue weighted by Gasteiger charge is 2.31. The van der Waals surface area contributed by atoms with Gasteiger partial charge in [0.15, 0.2) is 0 Å². The first-order valence-electron chi connectivity index (χ1n) is 8.97. The molecule has 0 aliphatic heterocycles. The molecule has 0 heterocycles. The van der Waals surface area contributed by atoms with Crippen LogP contribution in [-0.2, 0) is 4.74 Å². The van der Waals surface area contributed by atoms with Crippen molar-refractivity contribution >= 4 is 0 Å². The maximum absolute atomic E-state index is 5.62. The molecule has 0 amide bonds. The van der Waals surface area contributed by atoms with E-state index < -0.39 is 0 Å². The van der Waals surface area contributed by atoms with E-state index >= 15 is 0 Å². The van der Waals surface area contributed by atoms with Gasteiger partial charge in [-0.25, -0.2) is 0 Å². The normalized spacial score (nSPS) is 27.9. The number of ether oxygens (including phenoxy) is 1. The van der Waals surface area contributed by atoms with Crippen LogP contribution in [0.2, 0.25) is 0 Å². The first-order valence-corrected chi connectivity index (χ1v) is 8.97. The van der Waals surface area contributed by atoms with E-state index in [1.54, 1.807) is 0 Å². The quantitative estimate of drug-likeness (QED) is 0.712. The summed E-state index contributed by atoms with van der Waals surface area (Å²) in [7, 11) is 1.84. The smallest absolute Gasteiger partial charge is 0.0622 e. The highest BCUT2D eigenvalue weighted by atomic mass is 16.5. The molecule has 2 heteroatoms. The monoisotopic (exact) mass is 297 g/mol. The summed E-state index contributed by atoms with van der Waals surface area (Å²) >= 11 is 0. The number of rotatable bonds is 7. The van der Waals surface area contributed by atoms with Gasteiger partial charge in [0.1, 0.15) is 0 Å². The van der Waals surface area contributed by atoms with Crippen LogP contribution >= 0.6 is 0 Å². The summed E-state index contributed by atoms with van der Waals surface area (Å²) in [6.07, 6.45) is 8.09. The minimum atomic E-state index is 0.0289. The second-order valence-electron chi connectivity index (χ2n) is 8.74. The molecule has 0 bridgehead atoms. The Morgan fingerprint density at radius 1 is 1.05 bits per heavy atom. The first kappa shape index (κ1) is 19.0. The van der Waals surface area contributed by atoms with Gasteiger partial charge in [0.05, 0.1) is 5.60 Å². The van der Waals surface area contributed by atoms with Crippen LogP contribution in [0.3, 0.4) is 0 Å². The predicted octanol–water partition coefficient (Wildman–Crippen LogP) is 5.02. The fourth-order valence-corrected chi connectivity index (χ4v) is 3.49. The molecule has 0 radical (unpaired) electrons. The topological polar surface area (TPSA) is 21.3 Å². The van der Waals surface area contributed by atoms with Crippen LogP contribution in [0.1, 0.15) is 80.1 Å². The molecule has 1 fully saturated rings. The summed E-state index contributed by atoms with van der Waals surface area (Å²) in [5, 5.41) is 3.73. The second-order valence-corrected chi connectivity index (χ2v) is 8.74. The third-order valence-electron chi connectivity index (χ3n) is 5.39. The third kappa shape index (κ3) is 7.15. The molecule has 1 rings (SSSR count). The van der Waals surface area contributed by atoms with Crippen molar-refractivity contribution in [2.45, 2.75) is 91.2 Å². The number of methoxy groups -OCH3 is 1. The van der Waals surface area contributed by atoms with E-state index in [4.69, 9.17) is 4.74 Å². The van der Waals surface area contributed by atoms with Crippen LogP contribution in [0.5, 0.6) is 0 Å². The zero-order valence-corrected chi connectivity index (χ0v) is 15.6. The van der Waals surface area contributed by atoms with Gasteiger partial charge in [0.25, 0.3) is 0 Å². The molecule has 0 saturated heterocycles. The van der Waals surface area contributed by atoms with Gasteiger partial charge < -0.3 is 10.1 Å². The van der Waals surface area contributed by atoms with E-state index in [0.717, 1.165) is 17.8 Å². The van der Waals surface area contributed by atoms with Crippen molar-refractivity contribution in [3.05, 3.63) is 0 Å². The van der Waals surface area contributed by atoms with Crippen LogP contribution in [-0.4, -0.2) is 24.8 Å². The van der Waals surface area contributed by atoms with Crippen molar-refractivity contribution in [2.75, 3.05) is 13.7 Å². The van der Waals surface area contributed by atoms with E-state index in [1.165, 1.54) is 45.1 Å². The molecule has 0 spiro atoms. The zero-order valence-electron chi connectivity index (χ0n) is 15.6. The Morgan fingerprint density at radius 2 is 1.71 bits per heavy atom. The highest BCUT2D eigenvalue weighted by molar-refractivity contribution is 4.85. The number of hydrogen-bond acceptors (Lipinski definition) is 2. The van der Waals surface area contributed by atoms with Crippen LogP contribution in [0.4, 0.5) is 0 Å².